The summed E-state index contributed by atoms with van der Waals surface area (Å²) in [6, 6.07) is 14.9. The molecule has 0 bridgehead atoms. The second kappa shape index (κ2) is 13.8. The van der Waals surface area contributed by atoms with Crippen LogP contribution in [0.15, 0.2) is 61.3 Å². The van der Waals surface area contributed by atoms with Crippen LogP contribution < -0.4 is 4.74 Å². The van der Waals surface area contributed by atoms with Crippen LogP contribution >= 0.6 is 0 Å². The second-order valence-corrected chi connectivity index (χ2v) is 13.9. The van der Waals surface area contributed by atoms with Crippen LogP contribution in [0.1, 0.15) is 102 Å². The Morgan fingerprint density at radius 2 is 1.92 bits per heavy atom. The first kappa shape index (κ1) is 33.6. The Morgan fingerprint density at radius 1 is 1.08 bits per heavy atom. The van der Waals surface area contributed by atoms with E-state index in [4.69, 9.17) is 14.7 Å². The van der Waals surface area contributed by atoms with Crippen LogP contribution in [-0.4, -0.2) is 54.1 Å². The third-order valence-electron chi connectivity index (χ3n) is 10.8. The first-order valence-electron chi connectivity index (χ1n) is 18.3. The fourth-order valence-electron chi connectivity index (χ4n) is 7.82. The Labute approximate surface area is 294 Å². The first-order chi connectivity index (χ1) is 24.3. The smallest absolute Gasteiger partial charge is 0.230 e. The molecule has 2 aliphatic heterocycles. The van der Waals surface area contributed by atoms with E-state index in [0.717, 1.165) is 106 Å². The Bertz CT molecular complexity index is 2080. The topological polar surface area (TPSA) is 107 Å². The molecular weight excluding hydrogens is 624 g/mol. The van der Waals surface area contributed by atoms with Crippen LogP contribution in [0.4, 0.5) is 0 Å². The first-order valence-corrected chi connectivity index (χ1v) is 18.3. The van der Waals surface area contributed by atoms with Gasteiger partial charge in [0, 0.05) is 30.0 Å². The van der Waals surface area contributed by atoms with Gasteiger partial charge >= 0.3 is 0 Å². The van der Waals surface area contributed by atoms with E-state index in [1.807, 2.05) is 29.8 Å². The summed E-state index contributed by atoms with van der Waals surface area (Å²) < 4.78 is 6.40. The molecule has 7 rings (SSSR count). The maximum absolute atomic E-state index is 13.3. The molecule has 260 valence electrons. The summed E-state index contributed by atoms with van der Waals surface area (Å²) in [4.78, 5) is 47.1. The zero-order chi connectivity index (χ0) is 35.1. The molecule has 4 heterocycles. The van der Waals surface area contributed by atoms with E-state index in [1.165, 1.54) is 0 Å². The second-order valence-electron chi connectivity index (χ2n) is 13.9. The fraction of sp³-hybridized carbons (Fsp3) is 0.415. The number of rotatable bonds is 11. The van der Waals surface area contributed by atoms with Gasteiger partial charge in [0.1, 0.15) is 24.0 Å². The highest BCUT2D eigenvalue weighted by molar-refractivity contribution is 6.07. The third-order valence-corrected chi connectivity index (χ3v) is 10.8. The number of likely N-dealkylation sites (tertiary alicyclic amines) is 1. The van der Waals surface area contributed by atoms with Crippen molar-refractivity contribution < 1.29 is 14.3 Å². The van der Waals surface area contributed by atoms with Crippen molar-refractivity contribution in [3.63, 3.8) is 0 Å². The molecular formula is C41H48N6O3. The van der Waals surface area contributed by atoms with E-state index < -0.39 is 0 Å². The van der Waals surface area contributed by atoms with Crippen molar-refractivity contribution in [3.05, 3.63) is 78.5 Å². The lowest BCUT2D eigenvalue weighted by Gasteiger charge is -2.33. The van der Waals surface area contributed by atoms with Crippen LogP contribution in [0.2, 0.25) is 0 Å². The average molecular weight is 673 g/mol. The molecule has 50 heavy (non-hydrogen) atoms. The number of fused-ring (bicyclic) bond motifs is 6. The molecule has 3 aromatic carbocycles. The maximum Gasteiger partial charge on any atom is 0.230 e. The van der Waals surface area contributed by atoms with E-state index in [2.05, 4.69) is 79.8 Å². The summed E-state index contributed by atoms with van der Waals surface area (Å²) in [6.45, 7) is 15.4. The van der Waals surface area contributed by atoms with Gasteiger partial charge in [-0.25, -0.2) is 9.97 Å². The maximum atomic E-state index is 13.3. The lowest BCUT2D eigenvalue weighted by molar-refractivity contribution is -0.136. The van der Waals surface area contributed by atoms with Crippen LogP contribution in [0, 0.1) is 5.92 Å². The number of hydrogen-bond donors (Lipinski definition) is 2. The Hall–Kier alpha value is -4.92. The van der Waals surface area contributed by atoms with Gasteiger partial charge in [-0.2, -0.15) is 0 Å². The molecule has 4 atom stereocenters. The fourth-order valence-corrected chi connectivity index (χ4v) is 7.82. The van der Waals surface area contributed by atoms with Crippen molar-refractivity contribution in [3.8, 4) is 28.1 Å². The molecule has 0 unspecified atom stereocenters. The molecule has 1 fully saturated rings. The molecule has 0 radical (unpaired) electrons. The van der Waals surface area contributed by atoms with Gasteiger partial charge in [0.2, 0.25) is 11.8 Å². The van der Waals surface area contributed by atoms with Gasteiger partial charge < -0.3 is 24.5 Å². The Balaban J connectivity index is 1.17. The molecule has 9 nitrogen and oxygen atoms in total. The number of benzene rings is 3. The third kappa shape index (κ3) is 5.86. The molecule has 9 heteroatoms. The summed E-state index contributed by atoms with van der Waals surface area (Å²) >= 11 is 0. The molecule has 1 saturated heterocycles. The minimum absolute atomic E-state index is 0.0644. The van der Waals surface area contributed by atoms with Gasteiger partial charge in [-0.05, 0) is 92.3 Å². The number of hydrogen-bond acceptors (Lipinski definition) is 5. The summed E-state index contributed by atoms with van der Waals surface area (Å²) in [7, 11) is 0. The minimum atomic E-state index is -0.170. The summed E-state index contributed by atoms with van der Waals surface area (Å²) in [5.74, 6) is 2.60. The zero-order valence-electron chi connectivity index (χ0n) is 29.9. The van der Waals surface area contributed by atoms with Gasteiger partial charge in [-0.15, -0.1) is 6.58 Å². The minimum Gasteiger partial charge on any atom is -0.488 e. The SMILES string of the molecule is C=C[C@@H](CC)C(=O)N1CCC[C@H]1c1nc2ccc3cc4c(cc3c2[nH]1)OCc1cc(-c2cnc([C@H](C)N(C(=O)CCC)[C@@H](C)CC)[nH]2)ccc1-4. The highest BCUT2D eigenvalue weighted by Crippen LogP contribution is 2.43. The number of aromatic amines is 2. The van der Waals surface area contributed by atoms with Crippen molar-refractivity contribution in [1.29, 1.82) is 0 Å². The number of imidazole rings is 2. The van der Waals surface area contributed by atoms with E-state index >= 15 is 0 Å². The van der Waals surface area contributed by atoms with E-state index in [1.54, 1.807) is 6.08 Å². The predicted octanol–water partition coefficient (Wildman–Crippen LogP) is 9.03. The van der Waals surface area contributed by atoms with Crippen LogP contribution in [-0.2, 0) is 16.2 Å². The van der Waals surface area contributed by atoms with Crippen molar-refractivity contribution in [2.45, 2.75) is 97.9 Å². The summed E-state index contributed by atoms with van der Waals surface area (Å²) in [5.41, 5.74) is 7.12. The quantitative estimate of drug-likeness (QED) is 0.136. The van der Waals surface area contributed by atoms with Crippen LogP contribution in [0.5, 0.6) is 5.75 Å². The van der Waals surface area contributed by atoms with E-state index in [0.29, 0.717) is 13.0 Å². The number of ether oxygens (including phenoxy) is 1. The highest BCUT2D eigenvalue weighted by Gasteiger charge is 2.34. The molecule has 2 N–H and O–H groups in total. The molecule has 2 aliphatic rings. The monoisotopic (exact) mass is 672 g/mol. The molecule has 5 aromatic rings. The van der Waals surface area contributed by atoms with Gasteiger partial charge in [-0.3, -0.25) is 9.59 Å². The molecule has 0 aliphatic carbocycles. The molecule has 0 spiro atoms. The number of nitrogens with one attached hydrogen (secondary N) is 2. The summed E-state index contributed by atoms with van der Waals surface area (Å²) in [5, 5.41) is 2.15. The molecule has 2 aromatic heterocycles. The Kier molecular flexibility index (Phi) is 9.24. The average Bonchev–Trinajstić information content (AvgIpc) is 3.91. The van der Waals surface area contributed by atoms with Gasteiger partial charge in [0.05, 0.1) is 40.9 Å². The van der Waals surface area contributed by atoms with Crippen LogP contribution in [0.3, 0.4) is 0 Å². The lowest BCUT2D eigenvalue weighted by Crippen LogP contribution is -2.40. The van der Waals surface area contributed by atoms with Crippen molar-refractivity contribution in [1.82, 2.24) is 29.7 Å². The van der Waals surface area contributed by atoms with E-state index in [9.17, 15) is 9.59 Å². The predicted molar refractivity (Wildman–Crippen MR) is 199 cm³/mol. The number of aromatic nitrogens is 4. The van der Waals surface area contributed by atoms with Crippen LogP contribution in [0.25, 0.3) is 44.2 Å². The molecule has 2 amide bonds. The zero-order valence-corrected chi connectivity index (χ0v) is 29.9. The highest BCUT2D eigenvalue weighted by atomic mass is 16.5. The van der Waals surface area contributed by atoms with Gasteiger partial charge in [0.25, 0.3) is 0 Å². The molecule has 0 saturated carbocycles. The largest absolute Gasteiger partial charge is 0.488 e. The van der Waals surface area contributed by atoms with Gasteiger partial charge in [0.15, 0.2) is 0 Å². The summed E-state index contributed by atoms with van der Waals surface area (Å²) in [6.07, 6.45) is 8.48. The van der Waals surface area contributed by atoms with Crippen molar-refractivity contribution in [2.75, 3.05) is 6.54 Å². The number of carbonyl (C=O) groups is 2. The van der Waals surface area contributed by atoms with E-state index in [-0.39, 0.29) is 35.9 Å². The number of nitrogens with zero attached hydrogens (tertiary/aromatic N) is 4. The standard InChI is InChI=1S/C41H48N6O3/c1-7-12-37(48)47(24(5)8-2)25(6)39-42-22-34(44-39)28-14-16-30-29(19-28)23-50-36-21-31-27(20-32(30)36)15-17-33-38(31)45-40(43-33)35-13-11-18-46(35)41(49)26(9-3)10-4/h9,14-17,19-22,24-26,35H,3,7-8,10-13,18,23H2,1-2,4-6H3,(H,42,44)(H,43,45)/t24-,25-,26-,35-/m0/s1. The van der Waals surface area contributed by atoms with Crippen molar-refractivity contribution in [2.24, 2.45) is 5.92 Å². The number of H-pyrrole nitrogens is 2. The van der Waals surface area contributed by atoms with Crippen molar-refractivity contribution >= 4 is 33.6 Å². The Morgan fingerprint density at radius 3 is 2.68 bits per heavy atom. The lowest BCUT2D eigenvalue weighted by atomic mass is 9.92. The normalized spacial score (nSPS) is 17.2. The number of carbonyl (C=O) groups excluding carboxylic acids is 2. The number of amides is 2. The van der Waals surface area contributed by atoms with Gasteiger partial charge in [-0.1, -0.05) is 45.0 Å².